The maximum absolute atomic E-state index is 12.5. The molecule has 9 heteroatoms. The number of unbranched alkanes of at least 4 members (excludes halogenated alkanes) is 10. The summed E-state index contributed by atoms with van der Waals surface area (Å²) in [5.41, 5.74) is 0. The molecule has 0 heterocycles. The van der Waals surface area contributed by atoms with E-state index in [9.17, 15) is 14.7 Å². The van der Waals surface area contributed by atoms with E-state index in [4.69, 9.17) is 28.4 Å². The van der Waals surface area contributed by atoms with Crippen LogP contribution >= 0.6 is 0 Å². The minimum absolute atomic E-state index is 0.241. The van der Waals surface area contributed by atoms with Gasteiger partial charge in [0.25, 0.3) is 0 Å². The summed E-state index contributed by atoms with van der Waals surface area (Å²) in [4.78, 5) is 24.9. The number of allylic oxidation sites excluding steroid dienone is 8. The lowest BCUT2D eigenvalue weighted by Crippen LogP contribution is -2.21. The van der Waals surface area contributed by atoms with Crippen molar-refractivity contribution < 1.29 is 43.1 Å². The molecular weight excluding hydrogens is 733 g/mol. The Balaban J connectivity index is 4.22. The average Bonchev–Trinajstić information content (AvgIpc) is 3.22. The van der Waals surface area contributed by atoms with Gasteiger partial charge in [-0.25, -0.2) is 0 Å². The highest BCUT2D eigenvalue weighted by Gasteiger charge is 2.15. The molecule has 1 N–H and O–H groups in total. The topological polar surface area (TPSA) is 110 Å². The summed E-state index contributed by atoms with van der Waals surface area (Å²) in [6.07, 6.45) is 38.8. The van der Waals surface area contributed by atoms with Crippen LogP contribution in [0.4, 0.5) is 0 Å². The summed E-state index contributed by atoms with van der Waals surface area (Å²) in [6, 6.07) is 0. The maximum atomic E-state index is 12.5. The summed E-state index contributed by atoms with van der Waals surface area (Å²) >= 11 is 0. The molecule has 0 bridgehead atoms. The Labute approximate surface area is 355 Å². The summed E-state index contributed by atoms with van der Waals surface area (Å²) < 4.78 is 35.0. The van der Waals surface area contributed by atoms with Crippen molar-refractivity contribution in [2.45, 2.75) is 213 Å². The van der Waals surface area contributed by atoms with Gasteiger partial charge in [0, 0.05) is 39.3 Å². The third-order valence-corrected chi connectivity index (χ3v) is 9.44. The SMILES string of the molecule is CC/C=C\CCCCOC(CCC(=O)OCCCCC(O)CCCCOC(=O)CCC(OCCCC/C=C\CC)OCCCC/C=C\CC)OCCCC/C=C\CC. The molecule has 58 heavy (non-hydrogen) atoms. The molecule has 0 atom stereocenters. The number of aliphatic hydroxyl groups is 1. The molecule has 0 aliphatic heterocycles. The summed E-state index contributed by atoms with van der Waals surface area (Å²) in [6.45, 7) is 11.7. The Kier molecular flexibility index (Phi) is 44.0. The van der Waals surface area contributed by atoms with Gasteiger partial charge in [-0.3, -0.25) is 9.59 Å². The largest absolute Gasteiger partial charge is 0.466 e. The highest BCUT2D eigenvalue weighted by atomic mass is 16.7. The number of carbonyl (C=O) groups excluding carboxylic acids is 2. The fourth-order valence-electron chi connectivity index (χ4n) is 5.98. The van der Waals surface area contributed by atoms with E-state index in [-0.39, 0.29) is 24.8 Å². The molecule has 0 saturated heterocycles. The number of aliphatic hydroxyl groups excluding tert-OH is 1. The number of hydrogen-bond donors (Lipinski definition) is 1. The van der Waals surface area contributed by atoms with Crippen molar-refractivity contribution in [3.05, 3.63) is 48.6 Å². The molecular formula is C49H88O9. The van der Waals surface area contributed by atoms with E-state index in [2.05, 4.69) is 76.3 Å². The van der Waals surface area contributed by atoms with Crippen molar-refractivity contribution in [3.63, 3.8) is 0 Å². The molecule has 0 saturated carbocycles. The molecule has 338 valence electrons. The van der Waals surface area contributed by atoms with Crippen LogP contribution in [0.1, 0.15) is 195 Å². The van der Waals surface area contributed by atoms with E-state index in [1.807, 2.05) is 0 Å². The first kappa shape index (κ1) is 55.7. The van der Waals surface area contributed by atoms with E-state index < -0.39 is 18.7 Å². The fraction of sp³-hybridized carbons (Fsp3) is 0.796. The lowest BCUT2D eigenvalue weighted by molar-refractivity contribution is -0.159. The molecule has 0 unspecified atom stereocenters. The predicted octanol–water partition coefficient (Wildman–Crippen LogP) is 12.6. The van der Waals surface area contributed by atoms with Gasteiger partial charge < -0.3 is 33.5 Å². The van der Waals surface area contributed by atoms with Crippen LogP contribution in [0, 0.1) is 0 Å². The molecule has 0 amide bonds. The Morgan fingerprint density at radius 2 is 0.690 bits per heavy atom. The molecule has 0 fully saturated rings. The van der Waals surface area contributed by atoms with Crippen LogP contribution < -0.4 is 0 Å². The van der Waals surface area contributed by atoms with Gasteiger partial charge in [0.05, 0.1) is 32.2 Å². The number of ether oxygens (including phenoxy) is 6. The second-order valence-corrected chi connectivity index (χ2v) is 15.0. The number of esters is 2. The molecule has 0 aliphatic carbocycles. The molecule has 0 spiro atoms. The van der Waals surface area contributed by atoms with Crippen LogP contribution in [-0.2, 0) is 38.0 Å². The quantitative estimate of drug-likeness (QED) is 0.0278. The van der Waals surface area contributed by atoms with Crippen molar-refractivity contribution >= 4 is 11.9 Å². The van der Waals surface area contributed by atoms with Gasteiger partial charge in [0.1, 0.15) is 0 Å². The first-order valence-corrected chi connectivity index (χ1v) is 23.5. The maximum Gasteiger partial charge on any atom is 0.305 e. The lowest BCUT2D eigenvalue weighted by Gasteiger charge is -2.18. The van der Waals surface area contributed by atoms with Gasteiger partial charge >= 0.3 is 11.9 Å². The minimum atomic E-state index is -0.424. The number of carbonyl (C=O) groups is 2. The van der Waals surface area contributed by atoms with E-state index in [0.29, 0.717) is 78.2 Å². The van der Waals surface area contributed by atoms with Crippen molar-refractivity contribution in [1.82, 2.24) is 0 Å². The Morgan fingerprint density at radius 3 is 0.983 bits per heavy atom. The highest BCUT2D eigenvalue weighted by Crippen LogP contribution is 2.14. The van der Waals surface area contributed by atoms with Crippen molar-refractivity contribution in [3.8, 4) is 0 Å². The number of rotatable bonds is 44. The van der Waals surface area contributed by atoms with Gasteiger partial charge in [0.15, 0.2) is 12.6 Å². The van der Waals surface area contributed by atoms with Gasteiger partial charge in [-0.1, -0.05) is 76.3 Å². The van der Waals surface area contributed by atoms with Crippen LogP contribution in [0.2, 0.25) is 0 Å². The van der Waals surface area contributed by atoms with Crippen LogP contribution in [0.5, 0.6) is 0 Å². The molecule has 0 rings (SSSR count). The van der Waals surface area contributed by atoms with Crippen LogP contribution in [0.3, 0.4) is 0 Å². The van der Waals surface area contributed by atoms with Crippen LogP contribution in [0.15, 0.2) is 48.6 Å². The van der Waals surface area contributed by atoms with Crippen molar-refractivity contribution in [2.75, 3.05) is 39.6 Å². The third kappa shape index (κ3) is 41.8. The smallest absolute Gasteiger partial charge is 0.305 e. The average molecular weight is 821 g/mol. The summed E-state index contributed by atoms with van der Waals surface area (Å²) in [5.74, 6) is -0.483. The van der Waals surface area contributed by atoms with Gasteiger partial charge in [-0.2, -0.15) is 0 Å². The van der Waals surface area contributed by atoms with E-state index in [0.717, 1.165) is 116 Å². The third-order valence-electron chi connectivity index (χ3n) is 9.44. The zero-order valence-corrected chi connectivity index (χ0v) is 37.7. The molecule has 0 radical (unpaired) electrons. The van der Waals surface area contributed by atoms with Gasteiger partial charge in [-0.15, -0.1) is 0 Å². The van der Waals surface area contributed by atoms with Crippen molar-refractivity contribution in [1.29, 1.82) is 0 Å². The van der Waals surface area contributed by atoms with E-state index in [1.54, 1.807) is 0 Å². The molecule has 0 aliphatic rings. The predicted molar refractivity (Wildman–Crippen MR) is 239 cm³/mol. The molecule has 0 aromatic carbocycles. The molecule has 0 aromatic rings. The first-order chi connectivity index (χ1) is 28.5. The monoisotopic (exact) mass is 821 g/mol. The van der Waals surface area contributed by atoms with Gasteiger partial charge in [-0.05, 0) is 141 Å². The van der Waals surface area contributed by atoms with Gasteiger partial charge in [0.2, 0.25) is 0 Å². The normalized spacial score (nSPS) is 12.3. The van der Waals surface area contributed by atoms with Crippen LogP contribution in [-0.4, -0.2) is 75.4 Å². The van der Waals surface area contributed by atoms with Crippen molar-refractivity contribution in [2.24, 2.45) is 0 Å². The van der Waals surface area contributed by atoms with E-state index >= 15 is 0 Å². The Bertz CT molecular complexity index is 882. The zero-order chi connectivity index (χ0) is 42.4. The van der Waals surface area contributed by atoms with Crippen LogP contribution in [0.25, 0.3) is 0 Å². The Morgan fingerprint density at radius 1 is 0.397 bits per heavy atom. The first-order valence-electron chi connectivity index (χ1n) is 23.5. The summed E-state index contributed by atoms with van der Waals surface area (Å²) in [7, 11) is 0. The molecule has 0 aromatic heterocycles. The second kappa shape index (κ2) is 45.8. The zero-order valence-electron chi connectivity index (χ0n) is 37.7. The molecule has 9 nitrogen and oxygen atoms in total. The Hall–Kier alpha value is -2.30. The second-order valence-electron chi connectivity index (χ2n) is 15.0. The lowest BCUT2D eigenvalue weighted by atomic mass is 10.1. The summed E-state index contributed by atoms with van der Waals surface area (Å²) in [5, 5.41) is 10.4. The standard InChI is InChI=1S/C49H88O9/c1-5-9-13-17-21-27-41-55-48(56-42-28-22-18-14-10-6-2)37-35-46(51)53-39-31-25-33-45(50)34-26-32-40-54-47(52)36-38-49(57-43-29-23-19-15-11-7-3)58-44-30-24-20-16-12-8-4/h9-16,45,48-50H,5-8,17-44H2,1-4H3/b13-9-,14-10-,15-11-,16-12-. The highest BCUT2D eigenvalue weighted by molar-refractivity contribution is 5.69. The number of hydrogen-bond acceptors (Lipinski definition) is 9. The minimum Gasteiger partial charge on any atom is -0.466 e. The van der Waals surface area contributed by atoms with E-state index in [1.165, 1.54) is 0 Å². The fourth-order valence-corrected chi connectivity index (χ4v) is 5.98.